The minimum Gasteiger partial charge on any atom is -0.483 e. The lowest BCUT2D eigenvalue weighted by molar-refractivity contribution is -0.123. The number of carbonyl (C=O) groups is 1. The molecule has 1 unspecified atom stereocenters. The predicted molar refractivity (Wildman–Crippen MR) is 72.8 cm³/mol. The molecule has 0 saturated carbocycles. The molecule has 0 fully saturated rings. The van der Waals surface area contributed by atoms with Gasteiger partial charge in [0.15, 0.2) is 6.61 Å². The zero-order valence-electron chi connectivity index (χ0n) is 10.6. The lowest BCUT2D eigenvalue weighted by atomic mass is 10.1. The molecule has 0 aliphatic heterocycles. The number of nitrogens with two attached hydrogens (primary N) is 1. The molecule has 0 radical (unpaired) electrons. The molecule has 1 aromatic carbocycles. The van der Waals surface area contributed by atoms with Crippen molar-refractivity contribution in [2.75, 3.05) is 13.2 Å². The molecule has 5 nitrogen and oxygen atoms in total. The number of nitrogens with one attached hydrogen (secondary N) is 1. The third kappa shape index (κ3) is 5.16. The second-order valence-corrected chi connectivity index (χ2v) is 4.45. The van der Waals surface area contributed by atoms with Crippen LogP contribution in [0.15, 0.2) is 18.2 Å². The number of rotatable bonds is 6. The summed E-state index contributed by atoms with van der Waals surface area (Å²) < 4.78 is 5.41. The molecule has 0 aliphatic rings. The number of hydrogen-bond donors (Lipinski definition) is 2. The van der Waals surface area contributed by atoms with Gasteiger partial charge in [0.2, 0.25) is 0 Å². The zero-order chi connectivity index (χ0) is 14.3. The van der Waals surface area contributed by atoms with Crippen molar-refractivity contribution in [3.63, 3.8) is 0 Å². The highest BCUT2D eigenvalue weighted by Gasteiger charge is 2.10. The first kappa shape index (κ1) is 15.3. The van der Waals surface area contributed by atoms with Gasteiger partial charge in [-0.1, -0.05) is 11.6 Å². The molecule has 0 spiro atoms. The summed E-state index contributed by atoms with van der Waals surface area (Å²) in [6.07, 6.45) is 0.276. The van der Waals surface area contributed by atoms with Crippen LogP contribution < -0.4 is 15.8 Å². The van der Waals surface area contributed by atoms with Gasteiger partial charge >= 0.3 is 0 Å². The largest absolute Gasteiger partial charge is 0.483 e. The van der Waals surface area contributed by atoms with Crippen molar-refractivity contribution in [1.29, 1.82) is 5.26 Å². The van der Waals surface area contributed by atoms with E-state index in [4.69, 9.17) is 27.3 Å². The van der Waals surface area contributed by atoms with Crippen LogP contribution in [0.5, 0.6) is 5.75 Å². The molecule has 1 amide bonds. The summed E-state index contributed by atoms with van der Waals surface area (Å²) in [7, 11) is 0. The Morgan fingerprint density at radius 2 is 2.37 bits per heavy atom. The van der Waals surface area contributed by atoms with Crippen molar-refractivity contribution >= 4 is 17.5 Å². The van der Waals surface area contributed by atoms with E-state index in [1.165, 1.54) is 0 Å². The minimum atomic E-state index is -0.277. The molecule has 0 aliphatic carbocycles. The van der Waals surface area contributed by atoms with Crippen molar-refractivity contribution in [3.05, 3.63) is 28.8 Å². The number of benzene rings is 1. The molecule has 19 heavy (non-hydrogen) atoms. The van der Waals surface area contributed by atoms with Crippen molar-refractivity contribution in [2.24, 2.45) is 5.73 Å². The molecular weight excluding hydrogens is 266 g/mol. The fourth-order valence-electron chi connectivity index (χ4n) is 1.46. The van der Waals surface area contributed by atoms with E-state index < -0.39 is 0 Å². The van der Waals surface area contributed by atoms with E-state index in [1.807, 2.05) is 13.0 Å². The van der Waals surface area contributed by atoms with Crippen LogP contribution in [0.2, 0.25) is 5.02 Å². The van der Waals surface area contributed by atoms with Crippen LogP contribution in [-0.2, 0) is 4.79 Å². The van der Waals surface area contributed by atoms with Gasteiger partial charge in [-0.05, 0) is 25.1 Å². The fraction of sp³-hybridized carbons (Fsp3) is 0.385. The average molecular weight is 282 g/mol. The van der Waals surface area contributed by atoms with E-state index >= 15 is 0 Å². The van der Waals surface area contributed by atoms with E-state index in [9.17, 15) is 4.79 Å². The van der Waals surface area contributed by atoms with Gasteiger partial charge in [0, 0.05) is 23.2 Å². The van der Waals surface area contributed by atoms with Gasteiger partial charge in [-0.25, -0.2) is 0 Å². The van der Waals surface area contributed by atoms with Crippen LogP contribution in [0.3, 0.4) is 0 Å². The van der Waals surface area contributed by atoms with Crippen molar-refractivity contribution < 1.29 is 9.53 Å². The van der Waals surface area contributed by atoms with Crippen molar-refractivity contribution in [3.8, 4) is 11.8 Å². The highest BCUT2D eigenvalue weighted by molar-refractivity contribution is 6.30. The topological polar surface area (TPSA) is 88.1 Å². The molecule has 1 aromatic rings. The number of hydrogen-bond acceptors (Lipinski definition) is 4. The number of nitrogens with zero attached hydrogens (tertiary/aromatic N) is 1. The predicted octanol–water partition coefficient (Wildman–Crippen LogP) is 1.77. The summed E-state index contributed by atoms with van der Waals surface area (Å²) in [5, 5.41) is 11.5. The van der Waals surface area contributed by atoms with Crippen LogP contribution in [0.25, 0.3) is 0 Å². The fourth-order valence-corrected chi connectivity index (χ4v) is 1.64. The number of ether oxygens (including phenoxy) is 1. The SMILES string of the molecule is CC(N)c1cc(Cl)ccc1OCC(=O)NCCC#N. The maximum atomic E-state index is 11.4. The Balaban J connectivity index is 2.58. The number of amides is 1. The van der Waals surface area contributed by atoms with Gasteiger partial charge in [0.1, 0.15) is 5.75 Å². The zero-order valence-corrected chi connectivity index (χ0v) is 11.4. The lowest BCUT2D eigenvalue weighted by Gasteiger charge is -2.14. The van der Waals surface area contributed by atoms with E-state index in [0.29, 0.717) is 17.3 Å². The average Bonchev–Trinajstić information content (AvgIpc) is 2.37. The summed E-state index contributed by atoms with van der Waals surface area (Å²) in [4.78, 5) is 11.4. The molecule has 3 N–H and O–H groups in total. The highest BCUT2D eigenvalue weighted by Crippen LogP contribution is 2.27. The Bertz CT molecular complexity index is 483. The Kier molecular flexibility index (Phi) is 6.13. The van der Waals surface area contributed by atoms with Gasteiger partial charge in [0.25, 0.3) is 5.91 Å². The van der Waals surface area contributed by atoms with E-state index in [0.717, 1.165) is 5.56 Å². The molecule has 0 heterocycles. The Hall–Kier alpha value is -1.77. The van der Waals surface area contributed by atoms with Crippen LogP contribution in [-0.4, -0.2) is 19.1 Å². The second-order valence-electron chi connectivity index (χ2n) is 4.02. The Morgan fingerprint density at radius 3 is 3.00 bits per heavy atom. The van der Waals surface area contributed by atoms with Crippen LogP contribution in [0.1, 0.15) is 24.9 Å². The lowest BCUT2D eigenvalue weighted by Crippen LogP contribution is -2.29. The minimum absolute atomic E-state index is 0.118. The van der Waals surface area contributed by atoms with Crippen LogP contribution in [0.4, 0.5) is 0 Å². The smallest absolute Gasteiger partial charge is 0.257 e. The summed E-state index contributed by atoms with van der Waals surface area (Å²) in [6, 6.07) is 6.78. The van der Waals surface area contributed by atoms with E-state index in [-0.39, 0.29) is 25.0 Å². The van der Waals surface area contributed by atoms with Gasteiger partial charge in [0.05, 0.1) is 12.5 Å². The summed E-state index contributed by atoms with van der Waals surface area (Å²) in [5.41, 5.74) is 6.56. The molecule has 0 saturated heterocycles. The van der Waals surface area contributed by atoms with Gasteiger partial charge in [-0.15, -0.1) is 0 Å². The van der Waals surface area contributed by atoms with Crippen molar-refractivity contribution in [1.82, 2.24) is 5.32 Å². The molecule has 1 rings (SSSR count). The van der Waals surface area contributed by atoms with E-state index in [2.05, 4.69) is 5.32 Å². The summed E-state index contributed by atoms with van der Waals surface area (Å²) >= 11 is 5.89. The molecular formula is C13H16ClN3O2. The third-order valence-corrected chi connectivity index (χ3v) is 2.62. The first-order valence-electron chi connectivity index (χ1n) is 5.86. The number of carbonyl (C=O) groups excluding carboxylic acids is 1. The van der Waals surface area contributed by atoms with Gasteiger partial charge in [-0.3, -0.25) is 4.79 Å². The Morgan fingerprint density at radius 1 is 1.63 bits per heavy atom. The van der Waals surface area contributed by atoms with Gasteiger partial charge < -0.3 is 15.8 Å². The first-order valence-corrected chi connectivity index (χ1v) is 6.24. The molecule has 0 bridgehead atoms. The van der Waals surface area contributed by atoms with E-state index in [1.54, 1.807) is 18.2 Å². The third-order valence-electron chi connectivity index (χ3n) is 2.38. The van der Waals surface area contributed by atoms with Crippen LogP contribution in [0, 0.1) is 11.3 Å². The molecule has 102 valence electrons. The maximum absolute atomic E-state index is 11.4. The summed E-state index contributed by atoms with van der Waals surface area (Å²) in [6.45, 7) is 2.01. The standard InChI is InChI=1S/C13H16ClN3O2/c1-9(16)11-7-10(14)3-4-12(11)19-8-13(18)17-6-2-5-15/h3-4,7,9H,2,6,8,16H2,1H3,(H,17,18). The van der Waals surface area contributed by atoms with Gasteiger partial charge in [-0.2, -0.15) is 5.26 Å². The van der Waals surface area contributed by atoms with Crippen molar-refractivity contribution in [2.45, 2.75) is 19.4 Å². The molecule has 0 aromatic heterocycles. The second kappa shape index (κ2) is 7.62. The monoisotopic (exact) mass is 281 g/mol. The number of nitriles is 1. The molecule has 6 heteroatoms. The molecule has 1 atom stereocenters. The normalized spacial score (nSPS) is 11.5. The number of halogens is 1. The van der Waals surface area contributed by atoms with Crippen LogP contribution >= 0.6 is 11.6 Å². The maximum Gasteiger partial charge on any atom is 0.257 e. The summed E-state index contributed by atoms with van der Waals surface area (Å²) in [5.74, 6) is 0.260. The highest BCUT2D eigenvalue weighted by atomic mass is 35.5. The quantitative estimate of drug-likeness (QED) is 0.778. The Labute approximate surface area is 117 Å². The first-order chi connectivity index (χ1) is 9.04.